The van der Waals surface area contributed by atoms with Crippen molar-refractivity contribution in [3.8, 4) is 11.3 Å². The van der Waals surface area contributed by atoms with Gasteiger partial charge in [-0.3, -0.25) is 4.79 Å². The molecular weight excluding hydrogens is 620 g/mol. The predicted molar refractivity (Wildman–Crippen MR) is 181 cm³/mol. The Morgan fingerprint density at radius 3 is 2.15 bits per heavy atom. The number of carbonyl (C=O) groups is 1. The van der Waals surface area contributed by atoms with Crippen LogP contribution in [0.1, 0.15) is 24.2 Å². The lowest BCUT2D eigenvalue weighted by molar-refractivity contribution is -0.00515. The molecule has 2 N–H and O–H groups in total. The molecule has 2 aliphatic heterocycles. The predicted octanol–water partition coefficient (Wildman–Crippen LogP) is 1.93. The van der Waals surface area contributed by atoms with Crippen LogP contribution in [0.15, 0.2) is 36.4 Å². The van der Waals surface area contributed by atoms with Crippen molar-refractivity contribution in [3.63, 3.8) is 0 Å². The average molecular weight is 669 g/mol. The van der Waals surface area contributed by atoms with Crippen LogP contribution in [0.3, 0.4) is 0 Å². The Labute approximate surface area is 281 Å². The molecule has 0 bridgehead atoms. The van der Waals surface area contributed by atoms with Crippen molar-refractivity contribution in [2.75, 3.05) is 115 Å². The molecule has 0 spiro atoms. The lowest BCUT2D eigenvalue weighted by Crippen LogP contribution is -2.46. The maximum absolute atomic E-state index is 13.0. The third-order valence-corrected chi connectivity index (χ3v) is 8.10. The fourth-order valence-corrected chi connectivity index (χ4v) is 5.54. The highest BCUT2D eigenvalue weighted by atomic mass is 16.6. The number of carbonyl (C=O) groups excluding carboxylic acids is 1. The summed E-state index contributed by atoms with van der Waals surface area (Å²) in [4.78, 5) is 32.4. The van der Waals surface area contributed by atoms with Gasteiger partial charge in [-0.25, -0.2) is 4.98 Å². The van der Waals surface area contributed by atoms with Gasteiger partial charge in [-0.05, 0) is 38.1 Å². The largest absolute Gasteiger partial charge is 0.394 e. The van der Waals surface area contributed by atoms with Crippen molar-refractivity contribution in [1.82, 2.24) is 20.3 Å². The summed E-state index contributed by atoms with van der Waals surface area (Å²) in [7, 11) is 0. The lowest BCUT2D eigenvalue weighted by Gasteiger charge is -2.37. The summed E-state index contributed by atoms with van der Waals surface area (Å²) < 4.78 is 32.9. The summed E-state index contributed by atoms with van der Waals surface area (Å²) in [5.74, 6) is 1.31. The van der Waals surface area contributed by atoms with Gasteiger partial charge < -0.3 is 48.6 Å². The Bertz CT molecular complexity index is 1450. The molecule has 3 aromatic rings. The van der Waals surface area contributed by atoms with E-state index in [0.29, 0.717) is 110 Å². The number of rotatable bonds is 18. The van der Waals surface area contributed by atoms with Crippen molar-refractivity contribution >= 4 is 28.7 Å². The number of anilines is 2. The van der Waals surface area contributed by atoms with E-state index in [0.717, 1.165) is 29.0 Å². The summed E-state index contributed by atoms with van der Waals surface area (Å²) in [5, 5.41) is 12.5. The van der Waals surface area contributed by atoms with Gasteiger partial charge >= 0.3 is 0 Å². The molecule has 14 nitrogen and oxygen atoms in total. The third-order valence-electron chi connectivity index (χ3n) is 8.10. The number of fused-ring (bicyclic) bond motifs is 1. The van der Waals surface area contributed by atoms with Crippen LogP contribution in [0, 0.1) is 0 Å². The van der Waals surface area contributed by atoms with Gasteiger partial charge in [0, 0.05) is 30.8 Å². The maximum atomic E-state index is 13.0. The van der Waals surface area contributed by atoms with E-state index in [4.69, 9.17) is 48.5 Å². The number of amides is 1. The SMILES string of the molecule is C[C@@H]1COCCN1c1nc(N2CCOC[C@H]2C)c2ccc(-c3cccc(C(=O)NCCOCCOCCOCCOCCO)c3)nc2n1. The summed E-state index contributed by atoms with van der Waals surface area (Å²) in [6.07, 6.45) is 0. The van der Waals surface area contributed by atoms with Gasteiger partial charge in [-0.1, -0.05) is 12.1 Å². The van der Waals surface area contributed by atoms with Crippen LogP contribution < -0.4 is 15.1 Å². The van der Waals surface area contributed by atoms with Crippen molar-refractivity contribution in [1.29, 1.82) is 0 Å². The van der Waals surface area contributed by atoms with Crippen LogP contribution in [-0.4, -0.2) is 144 Å². The van der Waals surface area contributed by atoms with Gasteiger partial charge in [-0.2, -0.15) is 9.97 Å². The Kier molecular flexibility index (Phi) is 14.1. The van der Waals surface area contributed by atoms with E-state index in [1.165, 1.54) is 0 Å². The highest BCUT2D eigenvalue weighted by Gasteiger charge is 2.27. The smallest absolute Gasteiger partial charge is 0.251 e. The van der Waals surface area contributed by atoms with Crippen LogP contribution in [0.2, 0.25) is 0 Å². The number of hydrogen-bond acceptors (Lipinski definition) is 13. The van der Waals surface area contributed by atoms with E-state index >= 15 is 0 Å². The standard InChI is InChI=1S/C34H48N6O8/c1-25-23-47-13-9-39(25)32-29-6-7-30(36-31(29)37-34(38-32)40-10-14-48-24-26(40)2)27-4-3-5-28(22-27)33(42)35-8-12-43-16-18-45-20-21-46-19-17-44-15-11-41/h3-7,22,25-26,41H,8-21,23-24H2,1-2H3,(H,35,42)/t25-,26-/m1/s1. The number of hydrogen-bond donors (Lipinski definition) is 2. The van der Waals surface area contributed by atoms with Crippen LogP contribution in [0.25, 0.3) is 22.3 Å². The van der Waals surface area contributed by atoms with Gasteiger partial charge in [0.05, 0.1) is 109 Å². The number of morpholine rings is 2. The number of aromatic nitrogens is 3. The van der Waals surface area contributed by atoms with Crippen LogP contribution >= 0.6 is 0 Å². The maximum Gasteiger partial charge on any atom is 0.251 e. The van der Waals surface area contributed by atoms with E-state index in [9.17, 15) is 4.79 Å². The lowest BCUT2D eigenvalue weighted by atomic mass is 10.1. The Balaban J connectivity index is 1.17. The molecule has 14 heteroatoms. The zero-order chi connectivity index (χ0) is 33.6. The van der Waals surface area contributed by atoms with Crippen molar-refractivity contribution in [2.45, 2.75) is 25.9 Å². The molecule has 0 radical (unpaired) electrons. The first-order chi connectivity index (χ1) is 23.5. The first-order valence-electron chi connectivity index (χ1n) is 16.7. The number of pyridine rings is 1. The molecule has 262 valence electrons. The molecule has 2 atom stereocenters. The van der Waals surface area contributed by atoms with E-state index < -0.39 is 0 Å². The topological polar surface area (TPSA) is 150 Å². The number of ether oxygens (including phenoxy) is 6. The van der Waals surface area contributed by atoms with Crippen LogP contribution in [0.4, 0.5) is 11.8 Å². The second-order valence-corrected chi connectivity index (χ2v) is 11.7. The molecule has 1 aromatic carbocycles. The molecule has 0 unspecified atom stereocenters. The van der Waals surface area contributed by atoms with Gasteiger partial charge in [0.1, 0.15) is 5.82 Å². The zero-order valence-electron chi connectivity index (χ0n) is 28.0. The molecule has 2 aliphatic rings. The molecule has 0 aliphatic carbocycles. The minimum atomic E-state index is -0.188. The quantitative estimate of drug-likeness (QED) is 0.190. The molecule has 4 heterocycles. The zero-order valence-corrected chi connectivity index (χ0v) is 28.0. The Morgan fingerprint density at radius 1 is 0.833 bits per heavy atom. The number of aliphatic hydroxyl groups excluding tert-OH is 1. The van der Waals surface area contributed by atoms with Crippen LogP contribution in [0.5, 0.6) is 0 Å². The fraction of sp³-hybridized carbons (Fsp3) is 0.588. The number of benzene rings is 1. The molecular formula is C34H48N6O8. The van der Waals surface area contributed by atoms with Crippen molar-refractivity contribution in [3.05, 3.63) is 42.0 Å². The van der Waals surface area contributed by atoms with Gasteiger partial charge in [0.15, 0.2) is 5.65 Å². The van der Waals surface area contributed by atoms with Crippen LogP contribution in [-0.2, 0) is 28.4 Å². The second kappa shape index (κ2) is 18.9. The first-order valence-corrected chi connectivity index (χ1v) is 16.7. The van der Waals surface area contributed by atoms with E-state index in [1.54, 1.807) is 6.07 Å². The van der Waals surface area contributed by atoms with E-state index in [2.05, 4.69) is 29.0 Å². The number of aliphatic hydroxyl groups is 1. The van der Waals surface area contributed by atoms with Gasteiger partial charge in [0.2, 0.25) is 5.95 Å². The molecule has 2 fully saturated rings. The van der Waals surface area contributed by atoms with E-state index in [-0.39, 0.29) is 24.6 Å². The van der Waals surface area contributed by atoms with E-state index in [1.807, 2.05) is 30.3 Å². The molecule has 0 saturated carbocycles. The van der Waals surface area contributed by atoms with Gasteiger partial charge in [-0.15, -0.1) is 0 Å². The summed E-state index contributed by atoms with van der Waals surface area (Å²) in [5.41, 5.74) is 2.69. The second-order valence-electron chi connectivity index (χ2n) is 11.7. The average Bonchev–Trinajstić information content (AvgIpc) is 3.11. The minimum absolute atomic E-state index is 0.00772. The molecule has 5 rings (SSSR count). The van der Waals surface area contributed by atoms with Crippen molar-refractivity contribution in [2.24, 2.45) is 0 Å². The highest BCUT2D eigenvalue weighted by Crippen LogP contribution is 2.31. The molecule has 48 heavy (non-hydrogen) atoms. The number of nitrogens with zero attached hydrogens (tertiary/aromatic N) is 5. The fourth-order valence-electron chi connectivity index (χ4n) is 5.54. The normalized spacial score (nSPS) is 18.4. The molecule has 1 amide bonds. The molecule has 2 saturated heterocycles. The molecule has 2 aromatic heterocycles. The summed E-state index contributed by atoms with van der Waals surface area (Å²) >= 11 is 0. The first kappa shape index (κ1) is 35.8. The summed E-state index contributed by atoms with van der Waals surface area (Å²) in [6, 6.07) is 11.7. The monoisotopic (exact) mass is 668 g/mol. The van der Waals surface area contributed by atoms with Crippen molar-refractivity contribution < 1.29 is 38.3 Å². The Morgan fingerprint density at radius 2 is 1.48 bits per heavy atom. The highest BCUT2D eigenvalue weighted by molar-refractivity contribution is 5.96. The number of nitrogens with one attached hydrogen (secondary N) is 1. The third kappa shape index (κ3) is 10.0. The Hall–Kier alpha value is -3.50. The summed E-state index contributed by atoms with van der Waals surface area (Å²) in [6.45, 7) is 12.0. The minimum Gasteiger partial charge on any atom is -0.394 e. The van der Waals surface area contributed by atoms with Gasteiger partial charge in [0.25, 0.3) is 5.91 Å².